The molecule has 1 aliphatic rings. The Morgan fingerprint density at radius 1 is 1.53 bits per heavy atom. The molecule has 2 N–H and O–H groups in total. The zero-order valence-corrected chi connectivity index (χ0v) is 10.7. The highest BCUT2D eigenvalue weighted by Crippen LogP contribution is 2.19. The van der Waals surface area contributed by atoms with Crippen molar-refractivity contribution >= 4 is 23.0 Å². The predicted molar refractivity (Wildman–Crippen MR) is 72.4 cm³/mol. The molecule has 0 unspecified atom stereocenters. The van der Waals surface area contributed by atoms with Crippen molar-refractivity contribution in [2.75, 3.05) is 25.1 Å². The Labute approximate surface area is 107 Å². The maximum atomic E-state index is 5.62. The SMILES string of the molecule is COC1CCN(c2cc(C(N)=S)ccn2)CC1. The van der Waals surface area contributed by atoms with Crippen molar-refractivity contribution in [1.82, 2.24) is 4.98 Å². The van der Waals surface area contributed by atoms with Gasteiger partial charge in [0.05, 0.1) is 6.10 Å². The molecule has 0 radical (unpaired) electrons. The van der Waals surface area contributed by atoms with E-state index in [-0.39, 0.29) is 0 Å². The molecule has 2 rings (SSSR count). The molecule has 0 saturated carbocycles. The van der Waals surface area contributed by atoms with Crippen LogP contribution in [0.1, 0.15) is 18.4 Å². The first-order chi connectivity index (χ1) is 8.20. The number of anilines is 1. The summed E-state index contributed by atoms with van der Waals surface area (Å²) in [5.41, 5.74) is 6.49. The minimum atomic E-state index is 0.380. The fourth-order valence-corrected chi connectivity index (χ4v) is 2.19. The van der Waals surface area contributed by atoms with Crippen molar-refractivity contribution in [1.29, 1.82) is 0 Å². The number of nitrogens with two attached hydrogens (primary N) is 1. The van der Waals surface area contributed by atoms with Gasteiger partial charge in [0.1, 0.15) is 10.8 Å². The Morgan fingerprint density at radius 2 is 2.24 bits per heavy atom. The number of ether oxygens (including phenoxy) is 1. The maximum absolute atomic E-state index is 5.62. The number of methoxy groups -OCH3 is 1. The molecular formula is C12H17N3OS. The van der Waals surface area contributed by atoms with Crippen molar-refractivity contribution < 1.29 is 4.74 Å². The second-order valence-electron chi connectivity index (χ2n) is 4.19. The molecule has 0 atom stereocenters. The first kappa shape index (κ1) is 12.3. The van der Waals surface area contributed by atoms with E-state index in [4.69, 9.17) is 22.7 Å². The van der Waals surface area contributed by atoms with Gasteiger partial charge in [0.25, 0.3) is 0 Å². The molecule has 4 nitrogen and oxygen atoms in total. The molecule has 5 heteroatoms. The third-order valence-electron chi connectivity index (χ3n) is 3.13. The number of nitrogens with zero attached hydrogens (tertiary/aromatic N) is 2. The molecule has 1 saturated heterocycles. The lowest BCUT2D eigenvalue weighted by molar-refractivity contribution is 0.0818. The lowest BCUT2D eigenvalue weighted by Crippen LogP contribution is -2.37. The highest BCUT2D eigenvalue weighted by Gasteiger charge is 2.19. The van der Waals surface area contributed by atoms with E-state index in [0.717, 1.165) is 37.3 Å². The molecule has 92 valence electrons. The van der Waals surface area contributed by atoms with Crippen LogP contribution in [0, 0.1) is 0 Å². The van der Waals surface area contributed by atoms with Gasteiger partial charge in [-0.3, -0.25) is 0 Å². The number of aromatic nitrogens is 1. The van der Waals surface area contributed by atoms with Crippen molar-refractivity contribution in [2.24, 2.45) is 5.73 Å². The number of rotatable bonds is 3. The molecular weight excluding hydrogens is 234 g/mol. The fourth-order valence-electron chi connectivity index (χ4n) is 2.07. The van der Waals surface area contributed by atoms with Gasteiger partial charge in [-0.25, -0.2) is 4.98 Å². The number of piperidine rings is 1. The molecule has 2 heterocycles. The molecule has 0 bridgehead atoms. The summed E-state index contributed by atoms with van der Waals surface area (Å²) in [5.74, 6) is 0.949. The smallest absolute Gasteiger partial charge is 0.129 e. The zero-order valence-electron chi connectivity index (χ0n) is 9.93. The number of pyridine rings is 1. The van der Waals surface area contributed by atoms with Gasteiger partial charge in [-0.15, -0.1) is 0 Å². The Morgan fingerprint density at radius 3 is 2.82 bits per heavy atom. The summed E-state index contributed by atoms with van der Waals surface area (Å²) in [6.07, 6.45) is 4.21. The summed E-state index contributed by atoms with van der Waals surface area (Å²) in [6, 6.07) is 3.79. The average molecular weight is 251 g/mol. The number of thiocarbonyl (C=S) groups is 1. The summed E-state index contributed by atoms with van der Waals surface area (Å²) < 4.78 is 5.35. The van der Waals surface area contributed by atoms with Gasteiger partial charge in [-0.05, 0) is 25.0 Å². The summed E-state index contributed by atoms with van der Waals surface area (Å²) in [6.45, 7) is 1.93. The average Bonchev–Trinajstić information content (AvgIpc) is 2.39. The van der Waals surface area contributed by atoms with E-state index < -0.39 is 0 Å². The Kier molecular flexibility index (Phi) is 3.91. The molecule has 1 aromatic rings. The second-order valence-corrected chi connectivity index (χ2v) is 4.63. The summed E-state index contributed by atoms with van der Waals surface area (Å²) in [5, 5.41) is 0. The van der Waals surface area contributed by atoms with Crippen LogP contribution in [0.2, 0.25) is 0 Å². The van der Waals surface area contributed by atoms with E-state index in [0.29, 0.717) is 11.1 Å². The van der Waals surface area contributed by atoms with Crippen LogP contribution < -0.4 is 10.6 Å². The first-order valence-electron chi connectivity index (χ1n) is 5.74. The van der Waals surface area contributed by atoms with Crippen LogP contribution in [0.4, 0.5) is 5.82 Å². The largest absolute Gasteiger partial charge is 0.389 e. The standard InChI is InChI=1S/C12H17N3OS/c1-16-10-3-6-15(7-4-10)11-8-9(12(13)17)2-5-14-11/h2,5,8,10H,3-4,6-7H2,1H3,(H2,13,17). The van der Waals surface area contributed by atoms with E-state index in [2.05, 4.69) is 9.88 Å². The predicted octanol–water partition coefficient (Wildman–Crippen LogP) is 1.33. The Hall–Kier alpha value is -1.20. The van der Waals surface area contributed by atoms with Crippen LogP contribution in [0.15, 0.2) is 18.3 Å². The highest BCUT2D eigenvalue weighted by molar-refractivity contribution is 7.80. The number of hydrogen-bond donors (Lipinski definition) is 1. The topological polar surface area (TPSA) is 51.4 Å². The molecule has 17 heavy (non-hydrogen) atoms. The Balaban J connectivity index is 2.08. The minimum absolute atomic E-state index is 0.380. The van der Waals surface area contributed by atoms with Crippen molar-refractivity contribution in [3.63, 3.8) is 0 Å². The van der Waals surface area contributed by atoms with E-state index in [9.17, 15) is 0 Å². The van der Waals surface area contributed by atoms with Crippen molar-refractivity contribution in [2.45, 2.75) is 18.9 Å². The van der Waals surface area contributed by atoms with E-state index in [1.807, 2.05) is 12.1 Å². The molecule has 0 spiro atoms. The lowest BCUT2D eigenvalue weighted by atomic mass is 10.1. The summed E-state index contributed by atoms with van der Waals surface area (Å²) >= 11 is 4.97. The normalized spacial score (nSPS) is 17.1. The van der Waals surface area contributed by atoms with Gasteiger partial charge in [-0.2, -0.15) is 0 Å². The van der Waals surface area contributed by atoms with Crippen LogP contribution in [0.25, 0.3) is 0 Å². The quantitative estimate of drug-likeness (QED) is 0.821. The van der Waals surface area contributed by atoms with Gasteiger partial charge in [0, 0.05) is 32.0 Å². The molecule has 1 fully saturated rings. The van der Waals surface area contributed by atoms with Gasteiger partial charge in [-0.1, -0.05) is 12.2 Å². The molecule has 0 aromatic carbocycles. The summed E-state index contributed by atoms with van der Waals surface area (Å²) in [4.78, 5) is 7.03. The Bertz CT molecular complexity index is 402. The summed E-state index contributed by atoms with van der Waals surface area (Å²) in [7, 11) is 1.77. The van der Waals surface area contributed by atoms with Gasteiger partial charge >= 0.3 is 0 Å². The lowest BCUT2D eigenvalue weighted by Gasteiger charge is -2.32. The third kappa shape index (κ3) is 2.92. The first-order valence-corrected chi connectivity index (χ1v) is 6.15. The fraction of sp³-hybridized carbons (Fsp3) is 0.500. The molecule has 1 aliphatic heterocycles. The van der Waals surface area contributed by atoms with Gasteiger partial charge in [0.2, 0.25) is 0 Å². The number of hydrogen-bond acceptors (Lipinski definition) is 4. The minimum Gasteiger partial charge on any atom is -0.389 e. The zero-order chi connectivity index (χ0) is 12.3. The molecule has 1 aromatic heterocycles. The molecule has 0 aliphatic carbocycles. The molecule has 0 amide bonds. The second kappa shape index (κ2) is 5.42. The van der Waals surface area contributed by atoms with E-state index in [1.54, 1.807) is 13.3 Å². The van der Waals surface area contributed by atoms with Crippen LogP contribution in [0.5, 0.6) is 0 Å². The monoisotopic (exact) mass is 251 g/mol. The van der Waals surface area contributed by atoms with Crippen LogP contribution >= 0.6 is 12.2 Å². The van der Waals surface area contributed by atoms with Gasteiger partial charge < -0.3 is 15.4 Å². The van der Waals surface area contributed by atoms with E-state index >= 15 is 0 Å². The van der Waals surface area contributed by atoms with E-state index in [1.165, 1.54) is 0 Å². The maximum Gasteiger partial charge on any atom is 0.129 e. The van der Waals surface area contributed by atoms with Crippen molar-refractivity contribution in [3.8, 4) is 0 Å². The van der Waals surface area contributed by atoms with Gasteiger partial charge in [0.15, 0.2) is 0 Å². The van der Waals surface area contributed by atoms with Crippen LogP contribution in [-0.4, -0.2) is 36.3 Å². The highest BCUT2D eigenvalue weighted by atomic mass is 32.1. The van der Waals surface area contributed by atoms with Crippen molar-refractivity contribution in [3.05, 3.63) is 23.9 Å². The third-order valence-corrected chi connectivity index (χ3v) is 3.37. The van der Waals surface area contributed by atoms with Crippen LogP contribution in [-0.2, 0) is 4.74 Å². The van der Waals surface area contributed by atoms with Crippen LogP contribution in [0.3, 0.4) is 0 Å².